The van der Waals surface area contributed by atoms with Gasteiger partial charge >= 0.3 is 11.9 Å². The van der Waals surface area contributed by atoms with Gasteiger partial charge in [-0.1, -0.05) is 0 Å². The monoisotopic (exact) mass is 1680 g/mol. The molecule has 1 aromatic heterocycles. The quantitative estimate of drug-likeness (QED) is 0.0129. The van der Waals surface area contributed by atoms with Crippen LogP contribution in [0.25, 0.3) is 21.8 Å². The van der Waals surface area contributed by atoms with Crippen LogP contribution in [0, 0.1) is 13.8 Å². The van der Waals surface area contributed by atoms with Crippen LogP contribution in [-0.4, -0.2) is 359 Å². The normalized spacial score (nSPS) is 12.0. The molecule has 0 aliphatic heterocycles. The molecular weight excluding hydrogens is 1550 g/mol. The highest BCUT2D eigenvalue weighted by Crippen LogP contribution is 2.34. The van der Waals surface area contributed by atoms with Gasteiger partial charge in [-0.2, -0.15) is 13.0 Å². The van der Waals surface area contributed by atoms with E-state index in [2.05, 4.69) is 5.32 Å². The van der Waals surface area contributed by atoms with Crippen molar-refractivity contribution < 1.29 is 160 Å². The molecule has 0 bridgehead atoms. The smallest absolute Gasteiger partial charge is 0.345 e. The predicted molar refractivity (Wildman–Crippen MR) is 423 cm³/mol. The second-order valence-corrected chi connectivity index (χ2v) is 28.1. The van der Waals surface area contributed by atoms with Crippen LogP contribution in [0.2, 0.25) is 0 Å². The van der Waals surface area contributed by atoms with E-state index >= 15 is 4.79 Å². The number of pyridine rings is 1. The Bertz CT molecular complexity index is 3150. The Kier molecular flexibility index (Phi) is 56.5. The van der Waals surface area contributed by atoms with Gasteiger partial charge in [-0.25, -0.2) is 4.79 Å². The fourth-order valence-electron chi connectivity index (χ4n) is 11.2. The Hall–Kier alpha value is -5.96. The number of esters is 1. The minimum Gasteiger partial charge on any atom is -0.486 e. The Labute approximate surface area is 682 Å². The highest BCUT2D eigenvalue weighted by molar-refractivity contribution is 7.85. The number of rotatable bonds is 77. The lowest BCUT2D eigenvalue weighted by Gasteiger charge is -2.26. The molecular formula is C80H129N2O33S+. The van der Waals surface area contributed by atoms with Crippen molar-refractivity contribution in [1.82, 2.24) is 5.32 Å². The maximum atomic E-state index is 16.0. The van der Waals surface area contributed by atoms with Crippen LogP contribution in [0.5, 0.6) is 17.2 Å². The first-order chi connectivity index (χ1) is 56.3. The third kappa shape index (κ3) is 44.9. The van der Waals surface area contributed by atoms with Crippen molar-refractivity contribution in [2.24, 2.45) is 0 Å². The van der Waals surface area contributed by atoms with E-state index in [-0.39, 0.29) is 229 Å². The third-order valence-corrected chi connectivity index (χ3v) is 17.8. The number of aromatic nitrogens is 1. The average Bonchev–Trinajstić information content (AvgIpc) is 0.738. The molecule has 0 unspecified atom stereocenters. The number of aryl methyl sites for hydroxylation is 3. The van der Waals surface area contributed by atoms with Gasteiger partial charge in [0.1, 0.15) is 59.7 Å². The Morgan fingerprint density at radius 2 is 0.750 bits per heavy atom. The summed E-state index contributed by atoms with van der Waals surface area (Å²) >= 11 is 0. The van der Waals surface area contributed by atoms with E-state index < -0.39 is 70.3 Å². The summed E-state index contributed by atoms with van der Waals surface area (Å²) in [5, 5.41) is 12.2. The first-order valence-corrected chi connectivity index (χ1v) is 40.6. The van der Waals surface area contributed by atoms with Gasteiger partial charge < -0.3 is 129 Å². The Morgan fingerprint density at radius 1 is 0.405 bits per heavy atom. The van der Waals surface area contributed by atoms with Crippen LogP contribution in [-0.2, 0) is 130 Å². The zero-order chi connectivity index (χ0) is 84.2. The van der Waals surface area contributed by atoms with Gasteiger partial charge in [0.25, 0.3) is 16.0 Å². The lowest BCUT2D eigenvalue weighted by atomic mass is 10.0. The van der Waals surface area contributed by atoms with Crippen LogP contribution in [0.3, 0.4) is 0 Å². The summed E-state index contributed by atoms with van der Waals surface area (Å²) in [6.07, 6.45) is -3.14. The summed E-state index contributed by atoms with van der Waals surface area (Å²) in [5.74, 6) is -2.27. The summed E-state index contributed by atoms with van der Waals surface area (Å²) in [5.41, 5.74) is 1.96. The highest BCUT2D eigenvalue weighted by Gasteiger charge is 2.31. The molecule has 0 saturated carbocycles. The fourth-order valence-corrected chi connectivity index (χ4v) is 11.7. The molecule has 0 saturated heterocycles. The number of methoxy groups -OCH3 is 8. The molecule has 0 atom stereocenters. The van der Waals surface area contributed by atoms with Crippen LogP contribution in [0.15, 0.2) is 48.5 Å². The van der Waals surface area contributed by atoms with Crippen molar-refractivity contribution in [3.63, 3.8) is 0 Å². The summed E-state index contributed by atoms with van der Waals surface area (Å²) in [4.78, 5) is 52.7. The van der Waals surface area contributed by atoms with Gasteiger partial charge in [0.15, 0.2) is 6.54 Å². The number of fused-ring (bicyclic) bond motifs is 2. The number of ether oxygens (including phenoxy) is 25. The molecule has 0 radical (unpaired) electrons. The molecule has 0 aliphatic carbocycles. The maximum absolute atomic E-state index is 16.0. The molecule has 4 aromatic rings. The number of nitrogens with zero attached hydrogens (tertiary/aromatic N) is 1. The highest BCUT2D eigenvalue weighted by atomic mass is 32.2. The number of hydrogen-bond acceptors (Lipinski definition) is 31. The van der Waals surface area contributed by atoms with E-state index in [9.17, 15) is 27.4 Å². The number of carbonyl (C=O) groups excluding carboxylic acids is 3. The summed E-state index contributed by atoms with van der Waals surface area (Å²) in [6.45, 7) is 9.98. The van der Waals surface area contributed by atoms with E-state index in [0.29, 0.717) is 101 Å². The number of ketones is 1. The first kappa shape index (κ1) is 102. The number of hydrogen-bond donors (Lipinski definition) is 3. The lowest BCUT2D eigenvalue weighted by molar-refractivity contribution is -0.645. The summed E-state index contributed by atoms with van der Waals surface area (Å²) in [7, 11) is 8.09. The SMILES string of the molecule is COCCOCC(COCCOC)OCC(COC(COCCOC)COCCOC)Oc1ccc2c(c1)c(C(=O)Oc1c(C)cc(C(=O)NCCOCCOCCCC(=O)CCCC(=O)O)cc1C)c1cc(OC(COC(COCCOC)COCCOC)COC(COCCOC)COCCOC)ccc1[n+]2CCCS(=O)(=O)O. The van der Waals surface area contributed by atoms with Gasteiger partial charge in [-0.15, -0.1) is 0 Å². The Morgan fingerprint density at radius 3 is 1.09 bits per heavy atom. The number of nitrogens with one attached hydrogen (secondary N) is 1. The second-order valence-electron chi connectivity index (χ2n) is 26.6. The minimum absolute atomic E-state index is 0.00188. The molecule has 1 amide bonds. The van der Waals surface area contributed by atoms with E-state index in [1.54, 1.807) is 119 Å². The van der Waals surface area contributed by atoms with Crippen molar-refractivity contribution in [3.8, 4) is 17.2 Å². The van der Waals surface area contributed by atoms with Crippen molar-refractivity contribution in [2.45, 2.75) is 95.5 Å². The minimum atomic E-state index is -4.48. The van der Waals surface area contributed by atoms with Gasteiger partial charge in [-0.05, 0) is 74.2 Å². The number of carbonyl (C=O) groups is 4. The van der Waals surface area contributed by atoms with Crippen LogP contribution in [0.1, 0.15) is 70.4 Å². The zero-order valence-corrected chi connectivity index (χ0v) is 70.3. The molecule has 1 heterocycles. The number of benzene rings is 3. The molecule has 0 spiro atoms. The molecule has 0 aliphatic rings. The van der Waals surface area contributed by atoms with E-state index in [0.717, 1.165) is 0 Å². The third-order valence-electron chi connectivity index (χ3n) is 17.0. The lowest BCUT2D eigenvalue weighted by Crippen LogP contribution is -2.38. The topological polar surface area (TPSA) is 390 Å². The molecule has 4 rings (SSSR count). The van der Waals surface area contributed by atoms with Crippen molar-refractivity contribution in [3.05, 3.63) is 70.8 Å². The van der Waals surface area contributed by atoms with Crippen molar-refractivity contribution in [2.75, 3.05) is 281 Å². The van der Waals surface area contributed by atoms with Crippen LogP contribution >= 0.6 is 0 Å². The zero-order valence-electron chi connectivity index (χ0n) is 69.5. The summed E-state index contributed by atoms with van der Waals surface area (Å²) in [6, 6.07) is 13.3. The number of aliphatic carboxylic acids is 1. The first-order valence-electron chi connectivity index (χ1n) is 39.0. The molecule has 35 nitrogen and oxygen atoms in total. The molecule has 3 aromatic carbocycles. The van der Waals surface area contributed by atoms with Gasteiger partial charge in [0.05, 0.1) is 227 Å². The Balaban J connectivity index is 1.96. The summed E-state index contributed by atoms with van der Waals surface area (Å²) < 4.78 is 185. The van der Waals surface area contributed by atoms with E-state index in [1.807, 2.05) is 4.57 Å². The molecule has 662 valence electrons. The van der Waals surface area contributed by atoms with Gasteiger partial charge in [0.2, 0.25) is 11.0 Å². The fraction of sp³-hybridized carbons (Fsp3) is 0.713. The number of carboxylic acid groups (broad SMARTS) is 1. The van der Waals surface area contributed by atoms with E-state index in [1.165, 1.54) is 0 Å². The van der Waals surface area contributed by atoms with Crippen molar-refractivity contribution >= 4 is 55.6 Å². The second kappa shape index (κ2) is 64.0. The maximum Gasteiger partial charge on any atom is 0.345 e. The number of amides is 1. The van der Waals surface area contributed by atoms with Gasteiger partial charge in [0, 0.05) is 113 Å². The molecule has 116 heavy (non-hydrogen) atoms. The van der Waals surface area contributed by atoms with Gasteiger partial charge in [-0.3, -0.25) is 18.9 Å². The van der Waals surface area contributed by atoms with Crippen LogP contribution < -0.4 is 24.1 Å². The number of Topliss-reactive ketones (excluding diaryl/α,β-unsaturated/α-hetero) is 1. The average molecular weight is 1680 g/mol. The largest absolute Gasteiger partial charge is 0.486 e. The number of carboxylic acids is 1. The molecule has 3 N–H and O–H groups in total. The van der Waals surface area contributed by atoms with Crippen LogP contribution in [0.4, 0.5) is 0 Å². The molecule has 0 fully saturated rings. The van der Waals surface area contributed by atoms with E-state index in [4.69, 9.17) is 124 Å². The predicted octanol–water partition coefficient (Wildman–Crippen LogP) is 5.10. The standard InChI is InChI=1S/C80H128N2O33S/c1-60-44-62(79(86)81-21-24-100-42-41-99-23-12-15-63(83)14-11-16-76(84)85)45-61(2)78(60)115-80(87)77-72-46-64(113-70(56-109-66(48-101-33-25-91-3)49-102-34-26-92-4)57-110-67(50-103-35-27-93-5)51-104-36-28-94-6)17-19-74(72)82(22-13-43-116(88,89)90)75-20-18-65(47-73(75)77)114-71(58-111-68(52-105-37-29-95-7)53-106-38-30-96-8)59-112-69(54-107-39-31-97-9)55-108-40-32-98-10/h17-20,44-47,66-71H,11-16,21-43,48-59H2,1-10H3,(H2-,81,84,85,86,88,89,90)/p+1. The molecule has 36 heteroatoms. The van der Waals surface area contributed by atoms with Crippen molar-refractivity contribution in [1.29, 1.82) is 0 Å².